The summed E-state index contributed by atoms with van der Waals surface area (Å²) in [7, 11) is 0. The maximum atomic E-state index is 14.1. The van der Waals surface area contributed by atoms with E-state index in [4.69, 9.17) is 16.3 Å². The first-order valence-electron chi connectivity index (χ1n) is 13.4. The number of rotatable bonds is 16. The van der Waals surface area contributed by atoms with Crippen LogP contribution in [0.1, 0.15) is 114 Å². The predicted octanol–water partition coefficient (Wildman–Crippen LogP) is 7.97. The number of piperidine rings is 1. The van der Waals surface area contributed by atoms with E-state index in [0.29, 0.717) is 32.5 Å². The standard InChI is InChI=1S/C28H43ClFNO3/c1-2-3-4-5-6-7-8-9-10-11-12-13-14-22-34-28(33)23-18-20-31(21-19-23)27(32)24-16-15-17-25(29)26(24)30/h15-17,23H,2-14,18-22H2,1H3. The molecular weight excluding hydrogens is 453 g/mol. The first-order chi connectivity index (χ1) is 16.5. The molecule has 6 heteroatoms. The van der Waals surface area contributed by atoms with Crippen LogP contribution >= 0.6 is 11.6 Å². The van der Waals surface area contributed by atoms with E-state index in [1.807, 2.05) is 0 Å². The zero-order valence-electron chi connectivity index (χ0n) is 21.0. The molecule has 0 aromatic heterocycles. The van der Waals surface area contributed by atoms with Crippen LogP contribution in [0.5, 0.6) is 0 Å². The molecule has 0 unspecified atom stereocenters. The fourth-order valence-electron chi connectivity index (χ4n) is 4.57. The summed E-state index contributed by atoms with van der Waals surface area (Å²) >= 11 is 5.79. The monoisotopic (exact) mass is 495 g/mol. The third-order valence-corrected chi connectivity index (χ3v) is 7.08. The lowest BCUT2D eigenvalue weighted by Gasteiger charge is -2.31. The molecule has 0 atom stereocenters. The Balaban J connectivity index is 1.47. The lowest BCUT2D eigenvalue weighted by Crippen LogP contribution is -2.41. The van der Waals surface area contributed by atoms with Crippen LogP contribution in [0.2, 0.25) is 5.02 Å². The second kappa shape index (κ2) is 16.9. The van der Waals surface area contributed by atoms with E-state index in [1.165, 1.54) is 82.8 Å². The number of carbonyl (C=O) groups is 2. The molecule has 1 heterocycles. The SMILES string of the molecule is CCCCCCCCCCCCCCCOC(=O)C1CCN(C(=O)c2cccc(Cl)c2F)CC1. The molecule has 0 saturated carbocycles. The van der Waals surface area contributed by atoms with E-state index in [2.05, 4.69) is 6.92 Å². The summed E-state index contributed by atoms with van der Waals surface area (Å²) in [6.07, 6.45) is 17.8. The lowest BCUT2D eigenvalue weighted by atomic mass is 9.96. The van der Waals surface area contributed by atoms with Crippen molar-refractivity contribution in [2.24, 2.45) is 5.92 Å². The molecule has 2 rings (SSSR count). The average Bonchev–Trinajstić information content (AvgIpc) is 2.85. The number of nitrogens with zero attached hydrogens (tertiary/aromatic N) is 1. The van der Waals surface area contributed by atoms with Crippen LogP contribution in [0.4, 0.5) is 4.39 Å². The van der Waals surface area contributed by atoms with Crippen molar-refractivity contribution in [3.63, 3.8) is 0 Å². The Morgan fingerprint density at radius 3 is 2.00 bits per heavy atom. The third-order valence-electron chi connectivity index (χ3n) is 6.79. The van der Waals surface area contributed by atoms with Crippen molar-refractivity contribution >= 4 is 23.5 Å². The van der Waals surface area contributed by atoms with Crippen LogP contribution in [-0.2, 0) is 9.53 Å². The number of carbonyl (C=O) groups excluding carboxylic acids is 2. The van der Waals surface area contributed by atoms with Gasteiger partial charge in [0.25, 0.3) is 5.91 Å². The van der Waals surface area contributed by atoms with Crippen molar-refractivity contribution in [2.45, 2.75) is 103 Å². The molecule has 0 spiro atoms. The third kappa shape index (κ3) is 10.3. The van der Waals surface area contributed by atoms with E-state index in [0.717, 1.165) is 12.8 Å². The maximum absolute atomic E-state index is 14.1. The Bertz CT molecular complexity index is 734. The number of halogens is 2. The summed E-state index contributed by atoms with van der Waals surface area (Å²) in [4.78, 5) is 26.5. The second-order valence-electron chi connectivity index (χ2n) is 9.58. The van der Waals surface area contributed by atoms with Gasteiger partial charge in [-0.25, -0.2) is 4.39 Å². The molecule has 0 bridgehead atoms. The summed E-state index contributed by atoms with van der Waals surface area (Å²) in [5, 5.41) is -0.0579. The molecule has 1 fully saturated rings. The molecule has 1 aromatic carbocycles. The van der Waals surface area contributed by atoms with Gasteiger partial charge in [-0.15, -0.1) is 0 Å². The first-order valence-corrected chi connectivity index (χ1v) is 13.8. The van der Waals surface area contributed by atoms with Crippen molar-refractivity contribution in [1.82, 2.24) is 4.90 Å². The van der Waals surface area contributed by atoms with Crippen molar-refractivity contribution in [1.29, 1.82) is 0 Å². The second-order valence-corrected chi connectivity index (χ2v) is 9.99. The van der Waals surface area contributed by atoms with Crippen LogP contribution in [0.3, 0.4) is 0 Å². The molecule has 1 saturated heterocycles. The molecule has 192 valence electrons. The van der Waals surface area contributed by atoms with Gasteiger partial charge in [-0.3, -0.25) is 9.59 Å². The molecule has 34 heavy (non-hydrogen) atoms. The van der Waals surface area contributed by atoms with Crippen LogP contribution in [0.25, 0.3) is 0 Å². The fourth-order valence-corrected chi connectivity index (χ4v) is 4.74. The van der Waals surface area contributed by atoms with Crippen molar-refractivity contribution in [3.8, 4) is 0 Å². The van der Waals surface area contributed by atoms with Gasteiger partial charge >= 0.3 is 5.97 Å². The summed E-state index contributed by atoms with van der Waals surface area (Å²) < 4.78 is 19.6. The summed E-state index contributed by atoms with van der Waals surface area (Å²) in [5.74, 6) is -1.41. The Hall–Kier alpha value is -1.62. The highest BCUT2D eigenvalue weighted by Gasteiger charge is 2.30. The number of esters is 1. The Kier molecular flexibility index (Phi) is 14.2. The molecule has 1 aliphatic rings. The summed E-state index contributed by atoms with van der Waals surface area (Å²) in [6.45, 7) is 3.57. The van der Waals surface area contributed by atoms with Gasteiger partial charge in [0, 0.05) is 13.1 Å². The fraction of sp³-hybridized carbons (Fsp3) is 0.714. The highest BCUT2D eigenvalue weighted by molar-refractivity contribution is 6.31. The van der Waals surface area contributed by atoms with Gasteiger partial charge in [-0.2, -0.15) is 0 Å². The zero-order chi connectivity index (χ0) is 24.6. The highest BCUT2D eigenvalue weighted by Crippen LogP contribution is 2.24. The van der Waals surface area contributed by atoms with Gasteiger partial charge in [-0.1, -0.05) is 102 Å². The topological polar surface area (TPSA) is 46.6 Å². The highest BCUT2D eigenvalue weighted by atomic mass is 35.5. The molecule has 4 nitrogen and oxygen atoms in total. The molecule has 0 aliphatic carbocycles. The smallest absolute Gasteiger partial charge is 0.309 e. The van der Waals surface area contributed by atoms with Crippen molar-refractivity contribution < 1.29 is 18.7 Å². The van der Waals surface area contributed by atoms with Crippen LogP contribution in [0, 0.1) is 11.7 Å². The number of amides is 1. The molecule has 1 amide bonds. The first kappa shape index (κ1) is 28.6. The predicted molar refractivity (Wildman–Crippen MR) is 137 cm³/mol. The van der Waals surface area contributed by atoms with Gasteiger partial charge in [0.2, 0.25) is 0 Å². The molecule has 0 radical (unpaired) electrons. The largest absolute Gasteiger partial charge is 0.465 e. The minimum atomic E-state index is -0.687. The van der Waals surface area contributed by atoms with E-state index < -0.39 is 5.82 Å². The minimum absolute atomic E-state index is 0.0177. The molecule has 1 aromatic rings. The van der Waals surface area contributed by atoms with Gasteiger partial charge in [0.05, 0.1) is 23.1 Å². The van der Waals surface area contributed by atoms with Crippen LogP contribution in [-0.4, -0.2) is 36.5 Å². The van der Waals surface area contributed by atoms with Crippen LogP contribution < -0.4 is 0 Å². The summed E-state index contributed by atoms with van der Waals surface area (Å²) in [6, 6.07) is 4.44. The Morgan fingerprint density at radius 2 is 1.44 bits per heavy atom. The average molecular weight is 496 g/mol. The van der Waals surface area contributed by atoms with Gasteiger partial charge < -0.3 is 9.64 Å². The number of unbranched alkanes of at least 4 members (excludes halogenated alkanes) is 12. The van der Waals surface area contributed by atoms with E-state index in [-0.39, 0.29) is 28.4 Å². The van der Waals surface area contributed by atoms with E-state index in [1.54, 1.807) is 11.0 Å². The van der Waals surface area contributed by atoms with Gasteiger partial charge in [0.1, 0.15) is 0 Å². The van der Waals surface area contributed by atoms with E-state index >= 15 is 0 Å². The van der Waals surface area contributed by atoms with Crippen molar-refractivity contribution in [3.05, 3.63) is 34.6 Å². The Labute approximate surface area is 210 Å². The summed E-state index contributed by atoms with van der Waals surface area (Å²) in [5.41, 5.74) is -0.0177. The molecular formula is C28H43ClFNO3. The number of hydrogen-bond acceptors (Lipinski definition) is 3. The normalized spacial score (nSPS) is 14.4. The lowest BCUT2D eigenvalue weighted by molar-refractivity contribution is -0.150. The molecule has 1 aliphatic heterocycles. The number of benzene rings is 1. The number of likely N-dealkylation sites (tertiary alicyclic amines) is 1. The van der Waals surface area contributed by atoms with Crippen molar-refractivity contribution in [2.75, 3.05) is 19.7 Å². The molecule has 0 N–H and O–H groups in total. The Morgan fingerprint density at radius 1 is 0.912 bits per heavy atom. The van der Waals surface area contributed by atoms with Crippen LogP contribution in [0.15, 0.2) is 18.2 Å². The number of ether oxygens (including phenoxy) is 1. The zero-order valence-corrected chi connectivity index (χ0v) is 21.7. The van der Waals surface area contributed by atoms with E-state index in [9.17, 15) is 14.0 Å². The number of hydrogen-bond donors (Lipinski definition) is 0. The van der Waals surface area contributed by atoms with Gasteiger partial charge in [-0.05, 0) is 31.4 Å². The quantitative estimate of drug-likeness (QED) is 0.172. The maximum Gasteiger partial charge on any atom is 0.309 e. The van der Waals surface area contributed by atoms with Gasteiger partial charge in [0.15, 0.2) is 5.82 Å². The minimum Gasteiger partial charge on any atom is -0.465 e.